The maximum Gasteiger partial charge on any atom is 0.259 e. The van der Waals surface area contributed by atoms with Crippen LogP contribution >= 0.6 is 0 Å². The molecule has 1 aliphatic heterocycles. The molecule has 0 aromatic carbocycles. The zero-order valence-corrected chi connectivity index (χ0v) is 7.47. The van der Waals surface area contributed by atoms with E-state index in [9.17, 15) is 9.59 Å². The number of nitrogens with zero attached hydrogens (tertiary/aromatic N) is 2. The number of ketones is 1. The summed E-state index contributed by atoms with van der Waals surface area (Å²) in [7, 11) is 0. The number of hydrazine groups is 2. The van der Waals surface area contributed by atoms with Crippen LogP contribution in [0, 0.1) is 0 Å². The number of Topliss-reactive ketones (excluding diaryl/α,β-unsaturated/α-hetero) is 1. The number of aliphatic hydroxyl groups excluding tert-OH is 1. The molecule has 2 atom stereocenters. The SMILES string of the molecule is CC(O)C(=O)C1(N)N=C(C=O)NN1N. The normalized spacial score (nSPS) is 29.3. The Labute approximate surface area is 79.5 Å². The van der Waals surface area contributed by atoms with E-state index in [1.165, 1.54) is 6.92 Å². The molecule has 0 aromatic heterocycles. The molecule has 0 amide bonds. The molecule has 1 aliphatic rings. The Morgan fingerprint density at radius 1 is 1.86 bits per heavy atom. The molecule has 0 aliphatic carbocycles. The highest BCUT2D eigenvalue weighted by atomic mass is 16.3. The molecular weight excluding hydrogens is 190 g/mol. The second-order valence-corrected chi connectivity index (χ2v) is 2.86. The van der Waals surface area contributed by atoms with Crippen molar-refractivity contribution < 1.29 is 14.7 Å². The fourth-order valence-electron chi connectivity index (χ4n) is 1.01. The van der Waals surface area contributed by atoms with Crippen molar-refractivity contribution >= 4 is 17.9 Å². The van der Waals surface area contributed by atoms with Crippen LogP contribution in [-0.2, 0) is 9.59 Å². The van der Waals surface area contributed by atoms with Crippen molar-refractivity contribution in [1.82, 2.24) is 10.5 Å². The van der Waals surface area contributed by atoms with Gasteiger partial charge in [-0.1, -0.05) is 0 Å². The van der Waals surface area contributed by atoms with E-state index in [2.05, 4.69) is 10.4 Å². The topological polar surface area (TPSA) is 134 Å². The highest BCUT2D eigenvalue weighted by Gasteiger charge is 2.45. The Kier molecular flexibility index (Phi) is 2.62. The molecule has 0 aromatic rings. The number of amidine groups is 1. The van der Waals surface area contributed by atoms with Gasteiger partial charge in [0, 0.05) is 0 Å². The summed E-state index contributed by atoms with van der Waals surface area (Å²) in [6.45, 7) is 1.24. The van der Waals surface area contributed by atoms with Crippen molar-refractivity contribution in [2.24, 2.45) is 16.6 Å². The molecule has 0 fully saturated rings. The van der Waals surface area contributed by atoms with Gasteiger partial charge in [0.15, 0.2) is 12.1 Å². The van der Waals surface area contributed by atoms with E-state index < -0.39 is 17.7 Å². The Balaban J connectivity index is 2.99. The van der Waals surface area contributed by atoms with Gasteiger partial charge in [0.25, 0.3) is 5.79 Å². The summed E-state index contributed by atoms with van der Waals surface area (Å²) < 4.78 is 0. The first-order valence-corrected chi connectivity index (χ1v) is 3.79. The predicted octanol–water partition coefficient (Wildman–Crippen LogP) is -3.16. The van der Waals surface area contributed by atoms with Crippen molar-refractivity contribution in [2.75, 3.05) is 0 Å². The third-order valence-electron chi connectivity index (χ3n) is 1.75. The van der Waals surface area contributed by atoms with E-state index in [4.69, 9.17) is 16.7 Å². The minimum Gasteiger partial charge on any atom is -0.385 e. The number of aliphatic imine (C=N–C) groups is 1. The summed E-state index contributed by atoms with van der Waals surface area (Å²) in [5.41, 5.74) is 7.76. The average molecular weight is 201 g/mol. The molecule has 78 valence electrons. The third-order valence-corrected chi connectivity index (χ3v) is 1.75. The number of rotatable bonds is 3. The van der Waals surface area contributed by atoms with Gasteiger partial charge in [0.05, 0.1) is 0 Å². The zero-order chi connectivity index (χ0) is 10.9. The molecule has 2 unspecified atom stereocenters. The molecule has 1 rings (SSSR count). The number of carbonyl (C=O) groups excluding carboxylic acids is 2. The summed E-state index contributed by atoms with van der Waals surface area (Å²) in [4.78, 5) is 25.3. The lowest BCUT2D eigenvalue weighted by Gasteiger charge is -2.26. The second kappa shape index (κ2) is 3.42. The van der Waals surface area contributed by atoms with E-state index in [0.29, 0.717) is 11.4 Å². The molecule has 6 N–H and O–H groups in total. The fourth-order valence-corrected chi connectivity index (χ4v) is 1.01. The van der Waals surface area contributed by atoms with Crippen LogP contribution in [0.1, 0.15) is 6.92 Å². The molecule has 8 nitrogen and oxygen atoms in total. The Hall–Kier alpha value is -1.35. The summed E-state index contributed by atoms with van der Waals surface area (Å²) in [6.07, 6.45) is -0.952. The highest BCUT2D eigenvalue weighted by Crippen LogP contribution is 2.13. The van der Waals surface area contributed by atoms with Gasteiger partial charge in [-0.3, -0.25) is 20.7 Å². The van der Waals surface area contributed by atoms with Gasteiger partial charge in [-0.05, 0) is 6.92 Å². The quantitative estimate of drug-likeness (QED) is 0.279. The van der Waals surface area contributed by atoms with Crippen LogP contribution in [-0.4, -0.2) is 40.0 Å². The molecule has 0 saturated carbocycles. The molecule has 0 bridgehead atoms. The van der Waals surface area contributed by atoms with Crippen molar-refractivity contribution in [3.8, 4) is 0 Å². The van der Waals surface area contributed by atoms with Gasteiger partial charge in [-0.15, -0.1) is 5.12 Å². The Morgan fingerprint density at radius 2 is 2.43 bits per heavy atom. The van der Waals surface area contributed by atoms with Crippen LogP contribution < -0.4 is 17.0 Å². The molecule has 1 heterocycles. The summed E-state index contributed by atoms with van der Waals surface area (Å²) in [5.74, 6) is 2.42. The van der Waals surface area contributed by atoms with Crippen LogP contribution in [0.15, 0.2) is 4.99 Å². The van der Waals surface area contributed by atoms with Crippen LogP contribution in [0.3, 0.4) is 0 Å². The Morgan fingerprint density at radius 3 is 2.79 bits per heavy atom. The van der Waals surface area contributed by atoms with Crippen LogP contribution in [0.5, 0.6) is 0 Å². The lowest BCUT2D eigenvalue weighted by molar-refractivity contribution is -0.139. The largest absolute Gasteiger partial charge is 0.385 e. The van der Waals surface area contributed by atoms with Gasteiger partial charge in [0.1, 0.15) is 6.10 Å². The molecule has 14 heavy (non-hydrogen) atoms. The fraction of sp³-hybridized carbons (Fsp3) is 0.500. The van der Waals surface area contributed by atoms with Gasteiger partial charge >= 0.3 is 0 Å². The number of hydrogen-bond donors (Lipinski definition) is 4. The van der Waals surface area contributed by atoms with Crippen molar-refractivity contribution in [1.29, 1.82) is 0 Å². The number of aldehydes is 1. The molecule has 0 radical (unpaired) electrons. The average Bonchev–Trinajstić information content (AvgIpc) is 2.42. The van der Waals surface area contributed by atoms with Crippen molar-refractivity contribution in [2.45, 2.75) is 18.8 Å². The van der Waals surface area contributed by atoms with Gasteiger partial charge in [-0.25, -0.2) is 10.8 Å². The third kappa shape index (κ3) is 1.51. The van der Waals surface area contributed by atoms with E-state index in [1.807, 2.05) is 0 Å². The minimum atomic E-state index is -1.93. The molecule has 0 spiro atoms. The number of aliphatic hydroxyl groups is 1. The van der Waals surface area contributed by atoms with E-state index >= 15 is 0 Å². The van der Waals surface area contributed by atoms with Gasteiger partial charge < -0.3 is 5.11 Å². The summed E-state index contributed by atoms with van der Waals surface area (Å²) in [6, 6.07) is 0. The maximum absolute atomic E-state index is 11.4. The first-order valence-electron chi connectivity index (χ1n) is 3.79. The summed E-state index contributed by atoms with van der Waals surface area (Å²) in [5, 5.41) is 9.70. The van der Waals surface area contributed by atoms with E-state index in [1.54, 1.807) is 0 Å². The standard InChI is InChI=1S/C6H11N5O3/c1-3(13)5(14)6(7)9-4(2-12)10-11(6)8/h2-3,13H,7-8H2,1H3,(H,9,10). The zero-order valence-electron chi connectivity index (χ0n) is 7.47. The predicted molar refractivity (Wildman–Crippen MR) is 46.3 cm³/mol. The highest BCUT2D eigenvalue weighted by molar-refractivity contribution is 6.28. The first kappa shape index (κ1) is 10.7. The van der Waals surface area contributed by atoms with E-state index in [0.717, 1.165) is 0 Å². The maximum atomic E-state index is 11.4. The lowest BCUT2D eigenvalue weighted by atomic mass is 10.1. The number of carbonyl (C=O) groups is 2. The van der Waals surface area contributed by atoms with Crippen LogP contribution in [0.2, 0.25) is 0 Å². The van der Waals surface area contributed by atoms with Crippen molar-refractivity contribution in [3.05, 3.63) is 0 Å². The smallest absolute Gasteiger partial charge is 0.259 e. The minimum absolute atomic E-state index is 0.163. The molecule has 8 heteroatoms. The van der Waals surface area contributed by atoms with E-state index in [-0.39, 0.29) is 5.84 Å². The number of nitrogens with two attached hydrogens (primary N) is 2. The lowest BCUT2D eigenvalue weighted by Crippen LogP contribution is -2.65. The van der Waals surface area contributed by atoms with Gasteiger partial charge in [-0.2, -0.15) is 0 Å². The Bertz CT molecular complexity index is 302. The van der Waals surface area contributed by atoms with Crippen LogP contribution in [0.25, 0.3) is 0 Å². The number of nitrogens with one attached hydrogen (secondary N) is 1. The second-order valence-electron chi connectivity index (χ2n) is 2.86. The first-order chi connectivity index (χ1) is 6.41. The molecule has 0 saturated heterocycles. The molecular formula is C6H11N5O3. The van der Waals surface area contributed by atoms with Crippen LogP contribution in [0.4, 0.5) is 0 Å². The van der Waals surface area contributed by atoms with Crippen molar-refractivity contribution in [3.63, 3.8) is 0 Å². The summed E-state index contributed by atoms with van der Waals surface area (Å²) >= 11 is 0. The monoisotopic (exact) mass is 201 g/mol. The number of hydrogen-bond acceptors (Lipinski definition) is 8. The van der Waals surface area contributed by atoms with Gasteiger partial charge in [0.2, 0.25) is 5.78 Å².